The number of carbonyl (C=O) groups is 2. The van der Waals surface area contributed by atoms with E-state index >= 15 is 0 Å². The molecule has 0 bridgehead atoms. The van der Waals surface area contributed by atoms with Gasteiger partial charge in [-0.1, -0.05) is 60.2 Å². The van der Waals surface area contributed by atoms with Crippen molar-refractivity contribution in [3.8, 4) is 0 Å². The molecule has 0 radical (unpaired) electrons. The minimum atomic E-state index is -0.281. The molecule has 2 atom stereocenters. The van der Waals surface area contributed by atoms with E-state index in [0.717, 1.165) is 12.0 Å². The highest BCUT2D eigenvalue weighted by atomic mass is 127. The third-order valence-electron chi connectivity index (χ3n) is 4.02. The molecule has 2 aliphatic rings. The summed E-state index contributed by atoms with van der Waals surface area (Å²) >= 11 is 2.22. The first-order chi connectivity index (χ1) is 8.47. The number of rotatable bonds is 0. The van der Waals surface area contributed by atoms with E-state index in [-0.39, 0.29) is 23.1 Å². The SMILES string of the molecule is CC1C(=O)NC(=O)CC2=CC=C/C(=C/I)CC21C. The van der Waals surface area contributed by atoms with Gasteiger partial charge in [0.1, 0.15) is 0 Å². The maximum atomic E-state index is 12.0. The third kappa shape index (κ3) is 2.30. The summed E-state index contributed by atoms with van der Waals surface area (Å²) in [4.78, 5) is 23.7. The van der Waals surface area contributed by atoms with Crippen LogP contribution in [-0.2, 0) is 9.59 Å². The highest BCUT2D eigenvalue weighted by Gasteiger charge is 2.43. The van der Waals surface area contributed by atoms with Gasteiger partial charge in [0.2, 0.25) is 11.8 Å². The van der Waals surface area contributed by atoms with E-state index in [0.29, 0.717) is 6.42 Å². The van der Waals surface area contributed by atoms with Gasteiger partial charge in [-0.3, -0.25) is 14.9 Å². The second-order valence-corrected chi connectivity index (χ2v) is 5.76. The normalized spacial score (nSPS) is 34.5. The molecule has 0 spiro atoms. The second kappa shape index (κ2) is 4.99. The molecule has 3 nitrogen and oxygen atoms in total. The lowest BCUT2D eigenvalue weighted by Crippen LogP contribution is -2.37. The molecule has 0 aromatic carbocycles. The molecule has 1 fully saturated rings. The first-order valence-corrected chi connectivity index (χ1v) is 7.22. The summed E-state index contributed by atoms with van der Waals surface area (Å²) in [5.74, 6) is -0.570. The van der Waals surface area contributed by atoms with E-state index < -0.39 is 0 Å². The minimum absolute atomic E-state index is 0.166. The summed E-state index contributed by atoms with van der Waals surface area (Å²) in [5.41, 5.74) is 1.96. The molecule has 1 N–H and O–H groups in total. The number of nitrogens with one attached hydrogen (secondary N) is 1. The maximum absolute atomic E-state index is 12.0. The zero-order valence-electron chi connectivity index (χ0n) is 10.5. The molecule has 0 aromatic rings. The summed E-state index contributed by atoms with van der Waals surface area (Å²) in [6.45, 7) is 3.98. The van der Waals surface area contributed by atoms with Crippen molar-refractivity contribution in [2.75, 3.05) is 0 Å². The second-order valence-electron chi connectivity index (χ2n) is 5.14. The fourth-order valence-corrected chi connectivity index (χ4v) is 3.02. The minimum Gasteiger partial charge on any atom is -0.296 e. The summed E-state index contributed by atoms with van der Waals surface area (Å²) in [5, 5.41) is 2.46. The Hall–Kier alpha value is -0.910. The lowest BCUT2D eigenvalue weighted by atomic mass is 9.68. The van der Waals surface area contributed by atoms with E-state index in [1.807, 2.05) is 29.2 Å². The van der Waals surface area contributed by atoms with Gasteiger partial charge in [0.15, 0.2) is 0 Å². The van der Waals surface area contributed by atoms with Gasteiger partial charge in [-0.15, -0.1) is 0 Å². The fourth-order valence-electron chi connectivity index (χ4n) is 2.59. The molecule has 1 saturated heterocycles. The van der Waals surface area contributed by atoms with Crippen LogP contribution in [0.1, 0.15) is 26.7 Å². The van der Waals surface area contributed by atoms with Crippen LogP contribution in [0.15, 0.2) is 33.5 Å². The van der Waals surface area contributed by atoms with E-state index in [9.17, 15) is 9.59 Å². The topological polar surface area (TPSA) is 46.2 Å². The molecule has 1 aliphatic carbocycles. The van der Waals surface area contributed by atoms with E-state index in [1.54, 1.807) is 0 Å². The summed E-state index contributed by atoms with van der Waals surface area (Å²) < 4.78 is 2.04. The van der Waals surface area contributed by atoms with Gasteiger partial charge in [-0.2, -0.15) is 0 Å². The Morgan fingerprint density at radius 1 is 1.50 bits per heavy atom. The van der Waals surface area contributed by atoms with Crippen LogP contribution in [-0.4, -0.2) is 11.8 Å². The lowest BCUT2D eigenvalue weighted by molar-refractivity contribution is -0.132. The molecule has 4 heteroatoms. The number of hydrogen-bond donors (Lipinski definition) is 1. The van der Waals surface area contributed by atoms with Crippen molar-refractivity contribution in [1.82, 2.24) is 5.32 Å². The number of allylic oxidation sites excluding steroid dienone is 4. The van der Waals surface area contributed by atoms with Crippen molar-refractivity contribution in [1.29, 1.82) is 0 Å². The third-order valence-corrected chi connectivity index (χ3v) is 4.82. The Labute approximate surface area is 121 Å². The number of amides is 2. The van der Waals surface area contributed by atoms with Gasteiger partial charge in [0.05, 0.1) is 0 Å². The van der Waals surface area contributed by atoms with Crippen molar-refractivity contribution in [3.05, 3.63) is 33.5 Å². The molecule has 1 heterocycles. The molecule has 2 unspecified atom stereocenters. The standard InChI is InChI=1S/C14H16INO2/c1-9-13(18)16-12(17)6-11-5-3-4-10(8-15)7-14(9,11)2/h3-5,8-9H,6-7H2,1-2H3,(H,16,17,18)/b10-8-. The number of hydrogen-bond acceptors (Lipinski definition) is 2. The molecule has 96 valence electrons. The Balaban J connectivity index is 2.50. The van der Waals surface area contributed by atoms with Crippen molar-refractivity contribution >= 4 is 34.4 Å². The molecule has 2 rings (SSSR count). The molecule has 2 amide bonds. The lowest BCUT2D eigenvalue weighted by Gasteiger charge is -2.34. The maximum Gasteiger partial charge on any atom is 0.230 e. The van der Waals surface area contributed by atoms with Gasteiger partial charge in [-0.05, 0) is 16.1 Å². The first kappa shape index (κ1) is 13.5. The Morgan fingerprint density at radius 2 is 2.22 bits per heavy atom. The summed E-state index contributed by atoms with van der Waals surface area (Å²) in [6.07, 6.45) is 7.11. The summed E-state index contributed by atoms with van der Waals surface area (Å²) in [6, 6.07) is 0. The van der Waals surface area contributed by atoms with Gasteiger partial charge < -0.3 is 0 Å². The molecular formula is C14H16INO2. The molecule has 1 aliphatic heterocycles. The van der Waals surface area contributed by atoms with Gasteiger partial charge in [0.25, 0.3) is 0 Å². The van der Waals surface area contributed by atoms with Crippen LogP contribution in [0, 0.1) is 11.3 Å². The highest BCUT2D eigenvalue weighted by molar-refractivity contribution is 14.1. The number of carbonyl (C=O) groups excluding carboxylic acids is 2. The molecule has 18 heavy (non-hydrogen) atoms. The number of imide groups is 1. The first-order valence-electron chi connectivity index (χ1n) is 5.98. The predicted molar refractivity (Wildman–Crippen MR) is 79.0 cm³/mol. The zero-order valence-corrected chi connectivity index (χ0v) is 12.7. The van der Waals surface area contributed by atoms with Crippen LogP contribution in [0.5, 0.6) is 0 Å². The summed E-state index contributed by atoms with van der Waals surface area (Å²) in [7, 11) is 0. The van der Waals surface area contributed by atoms with E-state index in [4.69, 9.17) is 0 Å². The number of fused-ring (bicyclic) bond motifs is 1. The predicted octanol–water partition coefficient (Wildman–Crippen LogP) is 2.88. The Morgan fingerprint density at radius 3 is 2.89 bits per heavy atom. The average molecular weight is 357 g/mol. The van der Waals surface area contributed by atoms with Crippen LogP contribution in [0.3, 0.4) is 0 Å². The van der Waals surface area contributed by atoms with Crippen LogP contribution in [0.2, 0.25) is 0 Å². The van der Waals surface area contributed by atoms with Crippen molar-refractivity contribution in [3.63, 3.8) is 0 Å². The highest BCUT2D eigenvalue weighted by Crippen LogP contribution is 2.45. The van der Waals surface area contributed by atoms with Crippen LogP contribution in [0.4, 0.5) is 0 Å². The van der Waals surface area contributed by atoms with Crippen molar-refractivity contribution in [2.45, 2.75) is 26.7 Å². The van der Waals surface area contributed by atoms with Gasteiger partial charge in [-0.25, -0.2) is 0 Å². The van der Waals surface area contributed by atoms with Gasteiger partial charge >= 0.3 is 0 Å². The van der Waals surface area contributed by atoms with Crippen molar-refractivity contribution < 1.29 is 9.59 Å². The van der Waals surface area contributed by atoms with Crippen molar-refractivity contribution in [2.24, 2.45) is 11.3 Å². The van der Waals surface area contributed by atoms with Crippen LogP contribution in [0.25, 0.3) is 0 Å². The van der Waals surface area contributed by atoms with Crippen LogP contribution < -0.4 is 5.32 Å². The van der Waals surface area contributed by atoms with Crippen LogP contribution >= 0.6 is 22.6 Å². The average Bonchev–Trinajstić information content (AvgIpc) is 2.52. The van der Waals surface area contributed by atoms with E-state index in [1.165, 1.54) is 5.57 Å². The molecule has 0 aromatic heterocycles. The molecule has 0 saturated carbocycles. The largest absolute Gasteiger partial charge is 0.296 e. The Bertz CT molecular complexity index is 490. The quantitative estimate of drug-likeness (QED) is 0.535. The smallest absolute Gasteiger partial charge is 0.230 e. The number of halogens is 1. The fraction of sp³-hybridized carbons (Fsp3) is 0.429. The zero-order chi connectivity index (χ0) is 13.3. The Kier molecular flexibility index (Phi) is 3.75. The molecular weight excluding hydrogens is 341 g/mol. The van der Waals surface area contributed by atoms with Gasteiger partial charge in [0, 0.05) is 17.8 Å². The van der Waals surface area contributed by atoms with E-state index in [2.05, 4.69) is 34.8 Å². The monoisotopic (exact) mass is 357 g/mol.